The highest BCUT2D eigenvalue weighted by molar-refractivity contribution is 9.10. The van der Waals surface area contributed by atoms with Gasteiger partial charge in [-0.3, -0.25) is 0 Å². The first kappa shape index (κ1) is 10.0. The maximum atomic E-state index is 9.47. The van der Waals surface area contributed by atoms with E-state index >= 15 is 0 Å². The number of nitriles is 1. The number of aromatic hydroxyl groups is 1. The lowest BCUT2D eigenvalue weighted by atomic mass is 10.0. The van der Waals surface area contributed by atoms with Crippen LogP contribution >= 0.6 is 15.9 Å². The van der Waals surface area contributed by atoms with E-state index in [1.165, 1.54) is 0 Å². The highest BCUT2D eigenvalue weighted by atomic mass is 79.9. The molecule has 0 saturated carbocycles. The number of phenolic OH excluding ortho intramolecular Hbond substituents is 1. The van der Waals surface area contributed by atoms with E-state index in [1.807, 2.05) is 6.07 Å². The summed E-state index contributed by atoms with van der Waals surface area (Å²) >= 11 is 3.22. The summed E-state index contributed by atoms with van der Waals surface area (Å²) in [6.07, 6.45) is 0.204. The fraction of sp³-hybridized carbons (Fsp3) is 0.222. The second kappa shape index (κ2) is 4.26. The minimum atomic E-state index is -0.418. The first-order valence-electron chi connectivity index (χ1n) is 3.76. The molecule has 0 aliphatic carbocycles. The maximum absolute atomic E-state index is 9.47. The molecule has 0 spiro atoms. The standard InChI is InChI=1S/C9H9BrN2O/c10-6-1-2-7(9(13)5-6)8(12)3-4-11/h1-2,5,8,13H,3,12H2/t8-/m0/s1. The van der Waals surface area contributed by atoms with E-state index in [2.05, 4.69) is 15.9 Å². The summed E-state index contributed by atoms with van der Waals surface area (Å²) in [5.41, 5.74) is 6.26. The van der Waals surface area contributed by atoms with E-state index in [9.17, 15) is 5.11 Å². The van der Waals surface area contributed by atoms with Gasteiger partial charge in [-0.2, -0.15) is 5.26 Å². The third-order valence-corrected chi connectivity index (χ3v) is 2.20. The minimum absolute atomic E-state index is 0.122. The molecule has 0 bridgehead atoms. The van der Waals surface area contributed by atoms with Crippen molar-refractivity contribution in [1.82, 2.24) is 0 Å². The van der Waals surface area contributed by atoms with Gasteiger partial charge in [-0.05, 0) is 12.1 Å². The van der Waals surface area contributed by atoms with Crippen molar-refractivity contribution >= 4 is 15.9 Å². The summed E-state index contributed by atoms with van der Waals surface area (Å²) in [4.78, 5) is 0. The number of phenols is 1. The third kappa shape index (κ3) is 2.44. The summed E-state index contributed by atoms with van der Waals surface area (Å²) in [5.74, 6) is 0.122. The summed E-state index contributed by atoms with van der Waals surface area (Å²) < 4.78 is 0.790. The Morgan fingerprint density at radius 3 is 2.85 bits per heavy atom. The first-order chi connectivity index (χ1) is 6.15. The Bertz CT molecular complexity index is 346. The quantitative estimate of drug-likeness (QED) is 0.832. The maximum Gasteiger partial charge on any atom is 0.121 e. The van der Waals surface area contributed by atoms with Gasteiger partial charge in [0.05, 0.1) is 12.5 Å². The first-order valence-corrected chi connectivity index (χ1v) is 4.55. The van der Waals surface area contributed by atoms with Crippen molar-refractivity contribution in [3.05, 3.63) is 28.2 Å². The number of hydrogen-bond acceptors (Lipinski definition) is 3. The second-order valence-corrected chi connectivity index (χ2v) is 3.59. The number of nitrogens with zero attached hydrogens (tertiary/aromatic N) is 1. The third-order valence-electron chi connectivity index (χ3n) is 1.70. The highest BCUT2D eigenvalue weighted by Crippen LogP contribution is 2.27. The Kier molecular flexibility index (Phi) is 3.29. The van der Waals surface area contributed by atoms with Gasteiger partial charge in [0, 0.05) is 16.1 Å². The van der Waals surface area contributed by atoms with Crippen LogP contribution in [0.15, 0.2) is 22.7 Å². The zero-order chi connectivity index (χ0) is 9.84. The molecule has 13 heavy (non-hydrogen) atoms. The lowest BCUT2D eigenvalue weighted by molar-refractivity contribution is 0.461. The van der Waals surface area contributed by atoms with E-state index in [0.717, 1.165) is 4.47 Å². The predicted octanol–water partition coefficient (Wildman–Crippen LogP) is 2.07. The molecule has 0 amide bonds. The molecule has 0 aliphatic rings. The van der Waals surface area contributed by atoms with E-state index in [4.69, 9.17) is 11.0 Å². The van der Waals surface area contributed by atoms with E-state index in [1.54, 1.807) is 18.2 Å². The average molecular weight is 241 g/mol. The molecule has 1 aromatic carbocycles. The van der Waals surface area contributed by atoms with Crippen molar-refractivity contribution in [3.63, 3.8) is 0 Å². The summed E-state index contributed by atoms with van der Waals surface area (Å²) in [5, 5.41) is 17.9. The lowest BCUT2D eigenvalue weighted by Gasteiger charge is -2.09. The molecule has 1 aromatic rings. The normalized spacial score (nSPS) is 12.1. The van der Waals surface area contributed by atoms with Crippen molar-refractivity contribution in [1.29, 1.82) is 5.26 Å². The van der Waals surface area contributed by atoms with Crippen LogP contribution in [0.3, 0.4) is 0 Å². The Labute approximate surface area is 84.9 Å². The van der Waals surface area contributed by atoms with Gasteiger partial charge in [0.15, 0.2) is 0 Å². The SMILES string of the molecule is N#CC[C@H](N)c1ccc(Br)cc1O. The molecule has 0 aromatic heterocycles. The van der Waals surface area contributed by atoms with Crippen molar-refractivity contribution in [2.24, 2.45) is 5.73 Å². The molecule has 0 aliphatic heterocycles. The summed E-state index contributed by atoms with van der Waals surface area (Å²) in [7, 11) is 0. The second-order valence-electron chi connectivity index (χ2n) is 2.67. The Hall–Kier alpha value is -1.05. The van der Waals surface area contributed by atoms with Crippen LogP contribution < -0.4 is 5.73 Å². The molecule has 1 rings (SSSR count). The number of nitrogens with two attached hydrogens (primary N) is 1. The molecule has 3 nitrogen and oxygen atoms in total. The van der Waals surface area contributed by atoms with E-state index in [0.29, 0.717) is 5.56 Å². The van der Waals surface area contributed by atoms with Crippen molar-refractivity contribution < 1.29 is 5.11 Å². The molecule has 0 unspecified atom stereocenters. The van der Waals surface area contributed by atoms with Crippen LogP contribution in [0.2, 0.25) is 0 Å². The van der Waals surface area contributed by atoms with E-state index in [-0.39, 0.29) is 12.2 Å². The molecule has 4 heteroatoms. The minimum Gasteiger partial charge on any atom is -0.508 e. The van der Waals surface area contributed by atoms with Crippen LogP contribution in [0.1, 0.15) is 18.0 Å². The van der Waals surface area contributed by atoms with Gasteiger partial charge in [0.2, 0.25) is 0 Å². The average Bonchev–Trinajstić information content (AvgIpc) is 2.04. The zero-order valence-corrected chi connectivity index (χ0v) is 8.45. The van der Waals surface area contributed by atoms with Gasteiger partial charge >= 0.3 is 0 Å². The predicted molar refractivity (Wildman–Crippen MR) is 53.0 cm³/mol. The van der Waals surface area contributed by atoms with Crippen LogP contribution in [-0.2, 0) is 0 Å². The molecule has 0 saturated heterocycles. The molecule has 0 fully saturated rings. The number of halogens is 1. The number of benzene rings is 1. The molecule has 3 N–H and O–H groups in total. The highest BCUT2D eigenvalue weighted by Gasteiger charge is 2.09. The van der Waals surface area contributed by atoms with Gasteiger partial charge in [0.1, 0.15) is 5.75 Å². The van der Waals surface area contributed by atoms with Crippen molar-refractivity contribution in [3.8, 4) is 11.8 Å². The molecular weight excluding hydrogens is 232 g/mol. The fourth-order valence-corrected chi connectivity index (χ4v) is 1.39. The van der Waals surface area contributed by atoms with Crippen molar-refractivity contribution in [2.45, 2.75) is 12.5 Å². The van der Waals surface area contributed by atoms with Crippen molar-refractivity contribution in [2.75, 3.05) is 0 Å². The van der Waals surface area contributed by atoms with Gasteiger partial charge in [-0.15, -0.1) is 0 Å². The number of rotatable bonds is 2. The molecule has 68 valence electrons. The molecule has 0 heterocycles. The molecular formula is C9H9BrN2O. The largest absolute Gasteiger partial charge is 0.508 e. The van der Waals surface area contributed by atoms with Gasteiger partial charge in [-0.1, -0.05) is 22.0 Å². The van der Waals surface area contributed by atoms with Crippen LogP contribution in [0.5, 0.6) is 5.75 Å². The lowest BCUT2D eigenvalue weighted by Crippen LogP contribution is -2.09. The van der Waals surface area contributed by atoms with E-state index < -0.39 is 6.04 Å². The van der Waals surface area contributed by atoms with Crippen LogP contribution in [0, 0.1) is 11.3 Å². The van der Waals surface area contributed by atoms with Crippen LogP contribution in [0.4, 0.5) is 0 Å². The van der Waals surface area contributed by atoms with Crippen LogP contribution in [-0.4, -0.2) is 5.11 Å². The van der Waals surface area contributed by atoms with Gasteiger partial charge < -0.3 is 10.8 Å². The molecule has 0 radical (unpaired) electrons. The summed E-state index contributed by atoms with van der Waals surface area (Å²) in [6.45, 7) is 0. The zero-order valence-electron chi connectivity index (χ0n) is 6.87. The topological polar surface area (TPSA) is 70.0 Å². The fourth-order valence-electron chi connectivity index (χ4n) is 1.04. The molecule has 1 atom stereocenters. The smallest absolute Gasteiger partial charge is 0.121 e. The van der Waals surface area contributed by atoms with Gasteiger partial charge in [0.25, 0.3) is 0 Å². The Morgan fingerprint density at radius 2 is 2.31 bits per heavy atom. The Morgan fingerprint density at radius 1 is 1.62 bits per heavy atom. The Balaban J connectivity index is 2.96. The summed E-state index contributed by atoms with van der Waals surface area (Å²) in [6, 6.07) is 6.60. The number of hydrogen-bond donors (Lipinski definition) is 2. The van der Waals surface area contributed by atoms with Crippen LogP contribution in [0.25, 0.3) is 0 Å². The van der Waals surface area contributed by atoms with Gasteiger partial charge in [-0.25, -0.2) is 0 Å². The monoisotopic (exact) mass is 240 g/mol.